The number of hydrogen-bond donors (Lipinski definition) is 1. The third kappa shape index (κ3) is 3.56. The van der Waals surface area contributed by atoms with Gasteiger partial charge in [-0.3, -0.25) is 14.8 Å². The number of halogens is 1. The van der Waals surface area contributed by atoms with Crippen LogP contribution in [0, 0.1) is 0 Å². The van der Waals surface area contributed by atoms with Gasteiger partial charge in [-0.05, 0) is 36.2 Å². The molecule has 0 saturated heterocycles. The molecule has 0 bridgehead atoms. The van der Waals surface area contributed by atoms with Crippen molar-refractivity contribution in [2.75, 3.05) is 6.54 Å². The number of carbonyl (C=O) groups excluding carboxylic acids is 1. The van der Waals surface area contributed by atoms with Crippen molar-refractivity contribution in [3.05, 3.63) is 65.5 Å². The highest BCUT2D eigenvalue weighted by Gasteiger charge is 2.17. The van der Waals surface area contributed by atoms with Crippen molar-refractivity contribution in [3.8, 4) is 10.6 Å². The molecule has 0 aromatic carbocycles. The predicted octanol–water partition coefficient (Wildman–Crippen LogP) is 3.72. The molecule has 1 N–H and O–H groups in total. The van der Waals surface area contributed by atoms with Gasteiger partial charge in [0.2, 0.25) is 0 Å². The average Bonchev–Trinajstić information content (AvgIpc) is 3.27. The minimum Gasteiger partial charge on any atom is -0.349 e. The van der Waals surface area contributed by atoms with Crippen molar-refractivity contribution in [2.24, 2.45) is 7.05 Å². The van der Waals surface area contributed by atoms with Crippen LogP contribution in [0.5, 0.6) is 0 Å². The largest absolute Gasteiger partial charge is 0.349 e. The lowest BCUT2D eigenvalue weighted by molar-refractivity contribution is 0.0941. The molecule has 0 unspecified atom stereocenters. The van der Waals surface area contributed by atoms with Crippen LogP contribution in [0.25, 0.3) is 20.8 Å². The van der Waals surface area contributed by atoms with Gasteiger partial charge in [0.05, 0.1) is 32.0 Å². The van der Waals surface area contributed by atoms with Gasteiger partial charge in [0.25, 0.3) is 5.91 Å². The van der Waals surface area contributed by atoms with E-state index in [1.807, 2.05) is 25.2 Å². The predicted molar refractivity (Wildman–Crippen MR) is 107 cm³/mol. The molecule has 8 heteroatoms. The number of carbonyl (C=O) groups is 1. The van der Waals surface area contributed by atoms with Gasteiger partial charge in [0.1, 0.15) is 0 Å². The Morgan fingerprint density at radius 3 is 2.81 bits per heavy atom. The minimum absolute atomic E-state index is 0.199. The molecule has 0 aliphatic carbocycles. The van der Waals surface area contributed by atoms with E-state index in [9.17, 15) is 4.79 Å². The standard InChI is InChI=1S/C19H16ClN5OS/c1-25-15(16-10-14-17(27-16)13(20)5-9-22-14)11-24-18(25)19(26)23-8-4-12-2-6-21-7-3-12/h2-3,5-7,9-11H,4,8H2,1H3,(H,23,26). The second-order valence-electron chi connectivity index (χ2n) is 6.01. The van der Waals surface area contributed by atoms with E-state index in [0.717, 1.165) is 32.8 Å². The van der Waals surface area contributed by atoms with Gasteiger partial charge in [-0.15, -0.1) is 11.3 Å². The van der Waals surface area contributed by atoms with E-state index in [4.69, 9.17) is 11.6 Å². The zero-order valence-corrected chi connectivity index (χ0v) is 16.1. The van der Waals surface area contributed by atoms with Crippen LogP contribution in [0.3, 0.4) is 0 Å². The molecule has 4 aromatic rings. The SMILES string of the molecule is Cn1c(-c2cc3nccc(Cl)c3s2)cnc1C(=O)NCCc1ccncc1. The molecule has 4 rings (SSSR count). The molecule has 6 nitrogen and oxygen atoms in total. The summed E-state index contributed by atoms with van der Waals surface area (Å²) in [7, 11) is 1.83. The van der Waals surface area contributed by atoms with Gasteiger partial charge in [0, 0.05) is 32.2 Å². The van der Waals surface area contributed by atoms with Gasteiger partial charge in [-0.2, -0.15) is 0 Å². The third-order valence-electron chi connectivity index (χ3n) is 4.26. The van der Waals surface area contributed by atoms with Crippen LogP contribution in [-0.2, 0) is 13.5 Å². The van der Waals surface area contributed by atoms with Gasteiger partial charge in [-0.1, -0.05) is 11.6 Å². The van der Waals surface area contributed by atoms with E-state index in [2.05, 4.69) is 20.3 Å². The van der Waals surface area contributed by atoms with Crippen molar-refractivity contribution < 1.29 is 4.79 Å². The van der Waals surface area contributed by atoms with Crippen LogP contribution in [0.1, 0.15) is 16.2 Å². The highest BCUT2D eigenvalue weighted by atomic mass is 35.5. The Bertz CT molecular complexity index is 1110. The molecule has 1 amide bonds. The first-order valence-corrected chi connectivity index (χ1v) is 9.56. The smallest absolute Gasteiger partial charge is 0.287 e. The molecule has 0 aliphatic rings. The molecule has 4 heterocycles. The molecular weight excluding hydrogens is 382 g/mol. The Kier molecular flexibility index (Phi) is 4.87. The maximum absolute atomic E-state index is 12.5. The quantitative estimate of drug-likeness (QED) is 0.557. The average molecular weight is 398 g/mol. The molecule has 0 saturated carbocycles. The second-order valence-corrected chi connectivity index (χ2v) is 7.46. The number of nitrogens with one attached hydrogen (secondary N) is 1. The zero-order chi connectivity index (χ0) is 18.8. The summed E-state index contributed by atoms with van der Waals surface area (Å²) >= 11 is 7.78. The molecule has 0 aliphatic heterocycles. The van der Waals surface area contributed by atoms with Gasteiger partial charge >= 0.3 is 0 Å². The third-order valence-corrected chi connectivity index (χ3v) is 5.86. The summed E-state index contributed by atoms with van der Waals surface area (Å²) in [6.45, 7) is 0.535. The lowest BCUT2D eigenvalue weighted by atomic mass is 10.2. The van der Waals surface area contributed by atoms with Crippen LogP contribution in [-0.4, -0.2) is 32.0 Å². The van der Waals surface area contributed by atoms with Gasteiger partial charge in [-0.25, -0.2) is 4.98 Å². The van der Waals surface area contributed by atoms with E-state index in [-0.39, 0.29) is 5.91 Å². The van der Waals surface area contributed by atoms with E-state index >= 15 is 0 Å². The number of rotatable bonds is 5. The number of nitrogens with zero attached hydrogens (tertiary/aromatic N) is 4. The monoisotopic (exact) mass is 397 g/mol. The lowest BCUT2D eigenvalue weighted by Crippen LogP contribution is -2.28. The van der Waals surface area contributed by atoms with Crippen LogP contribution in [0.15, 0.2) is 49.1 Å². The van der Waals surface area contributed by atoms with E-state index < -0.39 is 0 Å². The molecule has 0 spiro atoms. The summed E-state index contributed by atoms with van der Waals surface area (Å²) in [6.07, 6.45) is 7.62. The molecule has 0 radical (unpaired) electrons. The number of fused-ring (bicyclic) bond motifs is 1. The molecular formula is C19H16ClN5OS. The first kappa shape index (κ1) is 17.6. The first-order valence-electron chi connectivity index (χ1n) is 8.36. The summed E-state index contributed by atoms with van der Waals surface area (Å²) < 4.78 is 2.72. The molecule has 4 aromatic heterocycles. The fourth-order valence-corrected chi connectivity index (χ4v) is 4.17. The topological polar surface area (TPSA) is 72.7 Å². The molecule has 0 fully saturated rings. The number of aromatic nitrogens is 4. The number of thiophene rings is 1. The number of pyridine rings is 2. The summed E-state index contributed by atoms with van der Waals surface area (Å²) in [5.74, 6) is 0.173. The summed E-state index contributed by atoms with van der Waals surface area (Å²) in [5, 5.41) is 3.59. The van der Waals surface area contributed by atoms with Gasteiger partial charge in [0.15, 0.2) is 5.82 Å². The fraction of sp³-hybridized carbons (Fsp3) is 0.158. The van der Waals surface area contributed by atoms with Crippen molar-refractivity contribution >= 4 is 39.1 Å². The van der Waals surface area contributed by atoms with E-state index in [0.29, 0.717) is 17.4 Å². The maximum Gasteiger partial charge on any atom is 0.287 e. The first-order chi connectivity index (χ1) is 13.1. The number of hydrogen-bond acceptors (Lipinski definition) is 5. The Morgan fingerprint density at radius 2 is 2.04 bits per heavy atom. The van der Waals surface area contributed by atoms with Gasteiger partial charge < -0.3 is 9.88 Å². The van der Waals surface area contributed by atoms with Crippen LogP contribution in [0.2, 0.25) is 5.02 Å². The van der Waals surface area contributed by atoms with Crippen LogP contribution >= 0.6 is 22.9 Å². The maximum atomic E-state index is 12.5. The minimum atomic E-state index is -0.199. The van der Waals surface area contributed by atoms with Crippen molar-refractivity contribution in [1.82, 2.24) is 24.8 Å². The van der Waals surface area contributed by atoms with Crippen molar-refractivity contribution in [3.63, 3.8) is 0 Å². The summed E-state index contributed by atoms with van der Waals surface area (Å²) in [5.41, 5.74) is 2.82. The Hall–Kier alpha value is -2.77. The Labute approximate surface area is 164 Å². The highest BCUT2D eigenvalue weighted by Crippen LogP contribution is 2.36. The Morgan fingerprint density at radius 1 is 1.22 bits per heavy atom. The Balaban J connectivity index is 1.51. The molecule has 27 heavy (non-hydrogen) atoms. The lowest BCUT2D eigenvalue weighted by Gasteiger charge is -2.06. The van der Waals surface area contributed by atoms with E-state index in [1.54, 1.807) is 35.4 Å². The number of amides is 1. The van der Waals surface area contributed by atoms with E-state index in [1.165, 1.54) is 11.3 Å². The van der Waals surface area contributed by atoms with Crippen LogP contribution < -0.4 is 5.32 Å². The number of imidazole rings is 1. The molecule has 136 valence electrons. The zero-order valence-electron chi connectivity index (χ0n) is 14.5. The normalized spacial score (nSPS) is 11.0. The van der Waals surface area contributed by atoms with Crippen LogP contribution in [0.4, 0.5) is 0 Å². The fourth-order valence-electron chi connectivity index (χ4n) is 2.83. The summed E-state index contributed by atoms with van der Waals surface area (Å²) in [4.78, 5) is 26.1. The summed E-state index contributed by atoms with van der Waals surface area (Å²) in [6, 6.07) is 7.61. The van der Waals surface area contributed by atoms with Crippen molar-refractivity contribution in [2.45, 2.75) is 6.42 Å². The molecule has 0 atom stereocenters. The highest BCUT2D eigenvalue weighted by molar-refractivity contribution is 7.22. The van der Waals surface area contributed by atoms with Crippen molar-refractivity contribution in [1.29, 1.82) is 0 Å². The second kappa shape index (κ2) is 7.46.